The summed E-state index contributed by atoms with van der Waals surface area (Å²) in [4.78, 5) is 22.9. The molecule has 7 nitrogen and oxygen atoms in total. The molecule has 7 heteroatoms. The van der Waals surface area contributed by atoms with Gasteiger partial charge in [-0.1, -0.05) is 6.07 Å². The number of nitrogens with two attached hydrogens (primary N) is 1. The van der Waals surface area contributed by atoms with Crippen LogP contribution in [0.25, 0.3) is 17.2 Å². The number of pyridine rings is 2. The summed E-state index contributed by atoms with van der Waals surface area (Å²) in [5, 5.41) is 4.36. The number of hydrogen-bond donors (Lipinski definition) is 1. The summed E-state index contributed by atoms with van der Waals surface area (Å²) in [5.41, 5.74) is 7.74. The zero-order valence-corrected chi connectivity index (χ0v) is 13.1. The molecule has 1 amide bonds. The molecule has 0 aromatic carbocycles. The van der Waals surface area contributed by atoms with Crippen molar-refractivity contribution in [3.63, 3.8) is 0 Å². The van der Waals surface area contributed by atoms with Crippen LogP contribution in [0.2, 0.25) is 0 Å². The number of aromatic nitrogens is 4. The number of hydrogen-bond acceptors (Lipinski definition) is 5. The summed E-state index contributed by atoms with van der Waals surface area (Å²) in [7, 11) is 0. The molecule has 0 fully saturated rings. The predicted octanol–water partition coefficient (Wildman–Crippen LogP) is 1.86. The van der Waals surface area contributed by atoms with Crippen molar-refractivity contribution in [3.8, 4) is 11.5 Å². The Kier molecular flexibility index (Phi) is 3.92. The van der Waals surface area contributed by atoms with Crippen molar-refractivity contribution in [3.05, 3.63) is 42.1 Å². The molecule has 0 aliphatic heterocycles. The van der Waals surface area contributed by atoms with Crippen LogP contribution in [0.3, 0.4) is 0 Å². The molecule has 2 N–H and O–H groups in total. The molecular formula is C16H18N6O. The summed E-state index contributed by atoms with van der Waals surface area (Å²) in [5.74, 6) is 0.781. The fraction of sp³-hybridized carbons (Fsp3) is 0.250. The Labute approximate surface area is 133 Å². The molecule has 0 aliphatic carbocycles. The van der Waals surface area contributed by atoms with Gasteiger partial charge in [0.25, 0.3) is 5.91 Å². The molecule has 3 aromatic heterocycles. The van der Waals surface area contributed by atoms with Crippen LogP contribution in [0.5, 0.6) is 0 Å². The van der Waals surface area contributed by atoms with Gasteiger partial charge in [0.05, 0.1) is 0 Å². The van der Waals surface area contributed by atoms with Crippen molar-refractivity contribution in [1.29, 1.82) is 0 Å². The van der Waals surface area contributed by atoms with E-state index in [1.807, 2.05) is 32.0 Å². The van der Waals surface area contributed by atoms with Gasteiger partial charge in [-0.3, -0.25) is 9.78 Å². The Bertz CT molecular complexity index is 838. The van der Waals surface area contributed by atoms with Crippen molar-refractivity contribution in [2.24, 2.45) is 0 Å². The van der Waals surface area contributed by atoms with E-state index in [1.165, 1.54) is 4.52 Å². The van der Waals surface area contributed by atoms with Gasteiger partial charge in [0.2, 0.25) is 5.82 Å². The van der Waals surface area contributed by atoms with Gasteiger partial charge in [0.15, 0.2) is 5.65 Å². The minimum absolute atomic E-state index is 0.0633. The third-order valence-corrected chi connectivity index (χ3v) is 3.66. The first-order valence-electron chi connectivity index (χ1n) is 7.51. The lowest BCUT2D eigenvalue weighted by molar-refractivity contribution is 0.0773. The summed E-state index contributed by atoms with van der Waals surface area (Å²) >= 11 is 0. The van der Waals surface area contributed by atoms with Gasteiger partial charge in [0, 0.05) is 24.8 Å². The van der Waals surface area contributed by atoms with E-state index in [4.69, 9.17) is 5.73 Å². The molecule has 3 aromatic rings. The molecular weight excluding hydrogens is 292 g/mol. The maximum absolute atomic E-state index is 12.5. The molecule has 3 rings (SSSR count). The lowest BCUT2D eigenvalue weighted by atomic mass is 10.2. The predicted molar refractivity (Wildman–Crippen MR) is 87.9 cm³/mol. The topological polar surface area (TPSA) is 89.4 Å². The number of nitrogens with zero attached hydrogens (tertiary/aromatic N) is 5. The lowest BCUT2D eigenvalue weighted by Gasteiger charge is -2.18. The average Bonchev–Trinajstić information content (AvgIpc) is 3.01. The highest BCUT2D eigenvalue weighted by Gasteiger charge is 2.16. The molecule has 0 atom stereocenters. The molecule has 23 heavy (non-hydrogen) atoms. The van der Waals surface area contributed by atoms with Gasteiger partial charge in [0.1, 0.15) is 11.5 Å². The molecule has 0 saturated heterocycles. The van der Waals surface area contributed by atoms with E-state index in [9.17, 15) is 4.79 Å². The average molecular weight is 310 g/mol. The van der Waals surface area contributed by atoms with Gasteiger partial charge < -0.3 is 10.6 Å². The first kappa shape index (κ1) is 15.0. The van der Waals surface area contributed by atoms with Gasteiger partial charge in [-0.25, -0.2) is 4.98 Å². The van der Waals surface area contributed by atoms with E-state index in [0.717, 1.165) is 0 Å². The number of fused-ring (bicyclic) bond motifs is 1. The maximum Gasteiger partial charge on any atom is 0.254 e. The third kappa shape index (κ3) is 2.73. The Hall–Kier alpha value is -2.96. The van der Waals surface area contributed by atoms with Crippen LogP contribution in [0, 0.1) is 0 Å². The number of carbonyl (C=O) groups is 1. The summed E-state index contributed by atoms with van der Waals surface area (Å²) in [6.45, 7) is 5.18. The molecule has 0 radical (unpaired) electrons. The number of carbonyl (C=O) groups excluding carboxylic acids is 1. The summed E-state index contributed by atoms with van der Waals surface area (Å²) < 4.78 is 1.52. The van der Waals surface area contributed by atoms with Crippen LogP contribution in [0.4, 0.5) is 5.82 Å². The standard InChI is InChI=1S/C16H18N6O/c1-3-21(4-2)16(23)11-9-13(17)22-14(10-11)19-15(20-22)12-7-5-6-8-18-12/h5-10H,3-4,17H2,1-2H3. The summed E-state index contributed by atoms with van der Waals surface area (Å²) in [6.07, 6.45) is 1.68. The van der Waals surface area contributed by atoms with Crippen LogP contribution in [-0.4, -0.2) is 43.5 Å². The molecule has 0 unspecified atom stereocenters. The summed E-state index contributed by atoms with van der Waals surface area (Å²) in [6, 6.07) is 8.86. The number of rotatable bonds is 4. The molecule has 0 spiro atoms. The van der Waals surface area contributed by atoms with Crippen molar-refractivity contribution < 1.29 is 4.79 Å². The fourth-order valence-corrected chi connectivity index (χ4v) is 2.43. The minimum Gasteiger partial charge on any atom is -0.384 e. The second-order valence-electron chi connectivity index (χ2n) is 5.07. The zero-order chi connectivity index (χ0) is 16.4. The Balaban J connectivity index is 2.07. The van der Waals surface area contributed by atoms with Crippen molar-refractivity contribution in [2.75, 3.05) is 18.8 Å². The normalized spacial score (nSPS) is 10.9. The first-order chi connectivity index (χ1) is 11.1. The third-order valence-electron chi connectivity index (χ3n) is 3.66. The zero-order valence-electron chi connectivity index (χ0n) is 13.1. The van der Waals surface area contributed by atoms with E-state index in [1.54, 1.807) is 23.2 Å². The second kappa shape index (κ2) is 6.04. The smallest absolute Gasteiger partial charge is 0.254 e. The van der Waals surface area contributed by atoms with Gasteiger partial charge in [-0.2, -0.15) is 4.52 Å². The van der Waals surface area contributed by atoms with Crippen molar-refractivity contribution in [2.45, 2.75) is 13.8 Å². The maximum atomic E-state index is 12.5. The lowest BCUT2D eigenvalue weighted by Crippen LogP contribution is -2.30. The minimum atomic E-state index is -0.0633. The molecule has 0 aliphatic rings. The highest BCUT2D eigenvalue weighted by molar-refractivity contribution is 5.96. The molecule has 3 heterocycles. The van der Waals surface area contributed by atoms with Crippen LogP contribution in [-0.2, 0) is 0 Å². The monoisotopic (exact) mass is 310 g/mol. The van der Waals surface area contributed by atoms with E-state index in [2.05, 4.69) is 15.1 Å². The second-order valence-corrected chi connectivity index (χ2v) is 5.07. The molecule has 0 saturated carbocycles. The van der Waals surface area contributed by atoms with Crippen LogP contribution < -0.4 is 5.73 Å². The number of anilines is 1. The van der Waals surface area contributed by atoms with Crippen LogP contribution >= 0.6 is 0 Å². The number of nitrogen functional groups attached to an aromatic ring is 1. The quantitative estimate of drug-likeness (QED) is 0.794. The largest absolute Gasteiger partial charge is 0.384 e. The highest BCUT2D eigenvalue weighted by Crippen LogP contribution is 2.18. The van der Waals surface area contributed by atoms with E-state index < -0.39 is 0 Å². The van der Waals surface area contributed by atoms with Gasteiger partial charge in [-0.05, 0) is 38.1 Å². The molecule has 118 valence electrons. The van der Waals surface area contributed by atoms with Crippen LogP contribution in [0.15, 0.2) is 36.5 Å². The Morgan fingerprint density at radius 2 is 2.04 bits per heavy atom. The Morgan fingerprint density at radius 1 is 1.26 bits per heavy atom. The molecule has 0 bridgehead atoms. The SMILES string of the molecule is CCN(CC)C(=O)c1cc(N)n2nc(-c3ccccn3)nc2c1. The van der Waals surface area contributed by atoms with Crippen LogP contribution in [0.1, 0.15) is 24.2 Å². The highest BCUT2D eigenvalue weighted by atomic mass is 16.2. The van der Waals surface area contributed by atoms with E-state index in [-0.39, 0.29) is 5.91 Å². The van der Waals surface area contributed by atoms with Gasteiger partial charge >= 0.3 is 0 Å². The number of amides is 1. The Morgan fingerprint density at radius 3 is 2.70 bits per heavy atom. The van der Waals surface area contributed by atoms with E-state index in [0.29, 0.717) is 41.6 Å². The fourth-order valence-electron chi connectivity index (χ4n) is 2.43. The van der Waals surface area contributed by atoms with Crippen molar-refractivity contribution >= 4 is 17.4 Å². The first-order valence-corrected chi connectivity index (χ1v) is 7.51. The van der Waals surface area contributed by atoms with Crippen molar-refractivity contribution in [1.82, 2.24) is 24.5 Å². The van der Waals surface area contributed by atoms with Gasteiger partial charge in [-0.15, -0.1) is 5.10 Å². The van der Waals surface area contributed by atoms with E-state index >= 15 is 0 Å².